The van der Waals surface area contributed by atoms with Crippen LogP contribution in [0.4, 0.5) is 0 Å². The second-order valence-electron chi connectivity index (χ2n) is 10.2. The molecule has 0 spiro atoms. The Morgan fingerprint density at radius 1 is 1.22 bits per heavy atom. The van der Waals surface area contributed by atoms with Crippen LogP contribution in [0.3, 0.4) is 0 Å². The zero-order valence-electron chi connectivity index (χ0n) is 18.6. The Bertz CT molecular complexity index is 431. The number of carbonyl (C=O) groups excluding carboxylic acids is 1. The Hall–Kier alpha value is -0.650. The van der Waals surface area contributed by atoms with Crippen LogP contribution in [0.15, 0.2) is 0 Å². The van der Waals surface area contributed by atoms with Gasteiger partial charge in [-0.15, -0.1) is 0 Å². The summed E-state index contributed by atoms with van der Waals surface area (Å²) >= 11 is 0. The minimum atomic E-state index is -0.611. The van der Waals surface area contributed by atoms with Crippen molar-refractivity contribution >= 4 is 5.91 Å². The maximum Gasteiger partial charge on any atom is 0.223 e. The van der Waals surface area contributed by atoms with Crippen molar-refractivity contribution < 1.29 is 9.90 Å². The quantitative estimate of drug-likeness (QED) is 0.512. The third-order valence-corrected chi connectivity index (χ3v) is 5.95. The van der Waals surface area contributed by atoms with Gasteiger partial charge in [0.05, 0.1) is 6.10 Å². The van der Waals surface area contributed by atoms with E-state index in [0.29, 0.717) is 18.9 Å². The average Bonchev–Trinajstić information content (AvgIpc) is 2.56. The summed E-state index contributed by atoms with van der Waals surface area (Å²) in [4.78, 5) is 14.9. The van der Waals surface area contributed by atoms with Crippen LogP contribution >= 0.6 is 0 Å². The van der Waals surface area contributed by atoms with E-state index in [2.05, 4.69) is 37.9 Å². The fourth-order valence-electron chi connectivity index (χ4n) is 4.45. The van der Waals surface area contributed by atoms with E-state index in [1.54, 1.807) is 0 Å². The summed E-state index contributed by atoms with van der Waals surface area (Å²) in [6.07, 6.45) is 7.08. The van der Waals surface area contributed by atoms with Crippen molar-refractivity contribution in [1.29, 1.82) is 0 Å². The van der Waals surface area contributed by atoms with E-state index < -0.39 is 6.10 Å². The molecular weight excluding hydrogens is 338 g/mol. The molecular formula is C22H45N3O2. The molecule has 1 aliphatic rings. The van der Waals surface area contributed by atoms with Gasteiger partial charge in [0.15, 0.2) is 0 Å². The summed E-state index contributed by atoms with van der Waals surface area (Å²) in [5.41, 5.74) is 6.32. The van der Waals surface area contributed by atoms with Gasteiger partial charge in [0.1, 0.15) is 0 Å². The molecule has 0 aliphatic heterocycles. The van der Waals surface area contributed by atoms with E-state index in [4.69, 9.17) is 5.73 Å². The molecule has 0 saturated heterocycles. The Morgan fingerprint density at radius 3 is 2.33 bits per heavy atom. The largest absolute Gasteiger partial charge is 0.391 e. The lowest BCUT2D eigenvalue weighted by Crippen LogP contribution is -2.45. The average molecular weight is 384 g/mol. The highest BCUT2D eigenvalue weighted by Gasteiger charge is 2.30. The summed E-state index contributed by atoms with van der Waals surface area (Å²) in [5.74, 6) is 0.661. The molecule has 3 atom stereocenters. The van der Waals surface area contributed by atoms with Gasteiger partial charge in [0, 0.05) is 25.0 Å². The van der Waals surface area contributed by atoms with Gasteiger partial charge < -0.3 is 21.1 Å². The molecule has 1 amide bonds. The monoisotopic (exact) mass is 383 g/mol. The van der Waals surface area contributed by atoms with E-state index in [1.807, 2.05) is 14.1 Å². The molecule has 27 heavy (non-hydrogen) atoms. The molecule has 1 rings (SSSR count). The second-order valence-corrected chi connectivity index (χ2v) is 10.2. The third-order valence-electron chi connectivity index (χ3n) is 5.95. The van der Waals surface area contributed by atoms with Gasteiger partial charge in [-0.1, -0.05) is 59.8 Å². The molecule has 4 N–H and O–H groups in total. The Morgan fingerprint density at radius 2 is 1.81 bits per heavy atom. The number of nitrogens with two attached hydrogens (primary N) is 1. The maximum absolute atomic E-state index is 12.8. The third kappa shape index (κ3) is 9.40. The standard InChI is InChI=1S/C22H45N3O2/c1-16(2)18(21(27)24-14-22(3,4)15-25(5)6)13-20(26)19(23)12-17-10-8-7-9-11-17/h16-20,26H,7-15,23H2,1-6H3,(H,24,27)/t18-,19-,20-/m0/s1. The van der Waals surface area contributed by atoms with Gasteiger partial charge in [-0.3, -0.25) is 4.79 Å². The molecule has 0 heterocycles. The summed E-state index contributed by atoms with van der Waals surface area (Å²) < 4.78 is 0. The summed E-state index contributed by atoms with van der Waals surface area (Å²) in [6.45, 7) is 9.97. The number of rotatable bonds is 11. The molecule has 160 valence electrons. The van der Waals surface area contributed by atoms with Gasteiger partial charge in [0.25, 0.3) is 0 Å². The topological polar surface area (TPSA) is 78.6 Å². The van der Waals surface area contributed by atoms with Gasteiger partial charge in [-0.25, -0.2) is 0 Å². The Kier molecular flexibility index (Phi) is 10.3. The van der Waals surface area contributed by atoms with Crippen molar-refractivity contribution in [3.05, 3.63) is 0 Å². The zero-order valence-corrected chi connectivity index (χ0v) is 18.6. The number of aliphatic hydroxyl groups is 1. The summed E-state index contributed by atoms with van der Waals surface area (Å²) in [5, 5.41) is 13.8. The van der Waals surface area contributed by atoms with Gasteiger partial charge >= 0.3 is 0 Å². The fraction of sp³-hybridized carbons (Fsp3) is 0.955. The molecule has 1 fully saturated rings. The molecule has 5 heteroatoms. The highest BCUT2D eigenvalue weighted by Crippen LogP contribution is 2.29. The second kappa shape index (κ2) is 11.4. The first kappa shape index (κ1) is 24.4. The van der Waals surface area contributed by atoms with Crippen molar-refractivity contribution in [2.24, 2.45) is 28.9 Å². The summed E-state index contributed by atoms with van der Waals surface area (Å²) in [7, 11) is 4.09. The van der Waals surface area contributed by atoms with Crippen LogP contribution in [0.1, 0.15) is 72.6 Å². The molecule has 0 aromatic carbocycles. The molecule has 0 aromatic heterocycles. The molecule has 1 aliphatic carbocycles. The maximum atomic E-state index is 12.8. The van der Waals surface area contributed by atoms with E-state index in [0.717, 1.165) is 13.0 Å². The minimum absolute atomic E-state index is 0.0106. The van der Waals surface area contributed by atoms with Gasteiger partial charge in [-0.2, -0.15) is 0 Å². The predicted octanol–water partition coefficient (Wildman–Crippen LogP) is 3.01. The number of hydrogen-bond donors (Lipinski definition) is 3. The molecule has 0 aromatic rings. The lowest BCUT2D eigenvalue weighted by atomic mass is 9.81. The smallest absolute Gasteiger partial charge is 0.223 e. The van der Waals surface area contributed by atoms with Crippen LogP contribution < -0.4 is 11.1 Å². The number of aliphatic hydroxyl groups excluding tert-OH is 1. The lowest BCUT2D eigenvalue weighted by molar-refractivity contribution is -0.128. The van der Waals surface area contributed by atoms with Crippen molar-refractivity contribution in [2.45, 2.75) is 84.8 Å². The normalized spacial score (nSPS) is 19.9. The van der Waals surface area contributed by atoms with Crippen LogP contribution in [0, 0.1) is 23.2 Å². The van der Waals surface area contributed by atoms with E-state index in [9.17, 15) is 9.90 Å². The van der Waals surface area contributed by atoms with Crippen LogP contribution in [0.5, 0.6) is 0 Å². The van der Waals surface area contributed by atoms with Crippen LogP contribution in [-0.4, -0.2) is 55.2 Å². The number of nitrogens with zero attached hydrogens (tertiary/aromatic N) is 1. The lowest BCUT2D eigenvalue weighted by Gasteiger charge is -2.32. The SMILES string of the molecule is CC(C)[C@H](C[C@H](O)[C@@H](N)CC1CCCCC1)C(=O)NCC(C)(C)CN(C)C. The first-order valence-electron chi connectivity index (χ1n) is 10.9. The molecule has 0 radical (unpaired) electrons. The number of nitrogens with one attached hydrogen (secondary N) is 1. The first-order chi connectivity index (χ1) is 12.5. The van der Waals surface area contributed by atoms with Crippen LogP contribution in [0.25, 0.3) is 0 Å². The zero-order chi connectivity index (χ0) is 20.6. The van der Waals surface area contributed by atoms with E-state index in [-0.39, 0.29) is 29.2 Å². The molecule has 0 unspecified atom stereocenters. The van der Waals surface area contributed by atoms with Crippen LogP contribution in [0.2, 0.25) is 0 Å². The van der Waals surface area contributed by atoms with Gasteiger partial charge in [-0.05, 0) is 44.2 Å². The fourth-order valence-corrected chi connectivity index (χ4v) is 4.45. The number of amides is 1. The predicted molar refractivity (Wildman–Crippen MR) is 113 cm³/mol. The van der Waals surface area contributed by atoms with Crippen molar-refractivity contribution in [3.63, 3.8) is 0 Å². The summed E-state index contributed by atoms with van der Waals surface area (Å²) in [6, 6.07) is -0.229. The van der Waals surface area contributed by atoms with Crippen molar-refractivity contribution in [1.82, 2.24) is 10.2 Å². The van der Waals surface area contributed by atoms with Crippen LogP contribution in [-0.2, 0) is 4.79 Å². The van der Waals surface area contributed by atoms with Crippen molar-refractivity contribution in [3.8, 4) is 0 Å². The molecule has 0 bridgehead atoms. The minimum Gasteiger partial charge on any atom is -0.391 e. The van der Waals surface area contributed by atoms with Crippen molar-refractivity contribution in [2.75, 3.05) is 27.2 Å². The highest BCUT2D eigenvalue weighted by molar-refractivity contribution is 5.79. The number of hydrogen-bond acceptors (Lipinski definition) is 4. The van der Waals surface area contributed by atoms with Gasteiger partial charge in [0.2, 0.25) is 5.91 Å². The molecule has 1 saturated carbocycles. The Balaban J connectivity index is 2.54. The highest BCUT2D eigenvalue weighted by atomic mass is 16.3. The van der Waals surface area contributed by atoms with E-state index >= 15 is 0 Å². The van der Waals surface area contributed by atoms with E-state index in [1.165, 1.54) is 32.1 Å². The number of carbonyl (C=O) groups is 1. The first-order valence-corrected chi connectivity index (χ1v) is 10.9. The molecule has 5 nitrogen and oxygen atoms in total. The Labute approximate surface area is 167 Å².